The Bertz CT molecular complexity index is 504. The summed E-state index contributed by atoms with van der Waals surface area (Å²) in [6.07, 6.45) is -2.64. The van der Waals surface area contributed by atoms with E-state index in [1.807, 2.05) is 0 Å². The lowest BCUT2D eigenvalue weighted by Crippen LogP contribution is -2.30. The van der Waals surface area contributed by atoms with Gasteiger partial charge in [0.25, 0.3) is 12.3 Å². The third-order valence-corrected chi connectivity index (χ3v) is 2.59. The molecule has 0 aromatic heterocycles. The van der Waals surface area contributed by atoms with Gasteiger partial charge in [0.2, 0.25) is 5.91 Å². The number of ether oxygens (including phenoxy) is 1. The van der Waals surface area contributed by atoms with E-state index in [9.17, 15) is 18.4 Å². The Kier molecular flexibility index (Phi) is 10.8. The molecule has 1 aromatic rings. The van der Waals surface area contributed by atoms with E-state index in [0.717, 1.165) is 0 Å². The second-order valence-corrected chi connectivity index (χ2v) is 4.35. The number of hydrogen-bond donors (Lipinski definition) is 3. The molecule has 1 rings (SSSR count). The summed E-state index contributed by atoms with van der Waals surface area (Å²) in [5.74, 6) is -0.774. The van der Waals surface area contributed by atoms with Crippen molar-refractivity contribution in [1.82, 2.24) is 5.32 Å². The van der Waals surface area contributed by atoms with Gasteiger partial charge in [-0.25, -0.2) is 8.78 Å². The molecule has 0 unspecified atom stereocenters. The SMILES string of the molecule is Cl.NCCNC(=O)c1ccccc1NC(=O)CCOCC(F)F. The minimum Gasteiger partial charge on any atom is -0.375 e. The van der Waals surface area contributed by atoms with Crippen LogP contribution in [0.15, 0.2) is 24.3 Å². The first-order valence-corrected chi connectivity index (χ1v) is 6.77. The zero-order valence-electron chi connectivity index (χ0n) is 12.4. The predicted molar refractivity (Wildman–Crippen MR) is 85.1 cm³/mol. The molecule has 6 nitrogen and oxygen atoms in total. The van der Waals surface area contributed by atoms with Crippen molar-refractivity contribution in [2.75, 3.05) is 31.6 Å². The van der Waals surface area contributed by atoms with Crippen molar-refractivity contribution in [3.05, 3.63) is 29.8 Å². The topological polar surface area (TPSA) is 93.5 Å². The van der Waals surface area contributed by atoms with Crippen LogP contribution in [0.2, 0.25) is 0 Å². The Balaban J connectivity index is 0.00000484. The molecule has 0 aliphatic rings. The van der Waals surface area contributed by atoms with Gasteiger partial charge in [0.1, 0.15) is 6.61 Å². The van der Waals surface area contributed by atoms with E-state index >= 15 is 0 Å². The highest BCUT2D eigenvalue weighted by atomic mass is 35.5. The molecule has 4 N–H and O–H groups in total. The molecule has 0 bridgehead atoms. The number of amides is 2. The number of rotatable bonds is 9. The van der Waals surface area contributed by atoms with Crippen LogP contribution < -0.4 is 16.4 Å². The summed E-state index contributed by atoms with van der Waals surface area (Å²) in [6.45, 7) is -0.187. The second kappa shape index (κ2) is 11.8. The van der Waals surface area contributed by atoms with Crippen molar-refractivity contribution in [2.45, 2.75) is 12.8 Å². The smallest absolute Gasteiger partial charge is 0.261 e. The maximum absolute atomic E-state index is 11.9. The predicted octanol–water partition coefficient (Wildman–Crippen LogP) is 1.41. The van der Waals surface area contributed by atoms with Crippen LogP contribution in [0.4, 0.5) is 14.5 Å². The maximum Gasteiger partial charge on any atom is 0.261 e. The zero-order chi connectivity index (χ0) is 16.4. The van der Waals surface area contributed by atoms with Crippen LogP contribution in [0.5, 0.6) is 0 Å². The number of nitrogens with one attached hydrogen (secondary N) is 2. The normalized spacial score (nSPS) is 10.1. The Morgan fingerprint density at radius 1 is 1.26 bits per heavy atom. The fraction of sp³-hybridized carbons (Fsp3) is 0.429. The molecule has 0 heterocycles. The summed E-state index contributed by atoms with van der Waals surface area (Å²) < 4.78 is 28.4. The quantitative estimate of drug-likeness (QED) is 0.586. The second-order valence-electron chi connectivity index (χ2n) is 4.35. The Labute approximate surface area is 139 Å². The number of para-hydroxylation sites is 1. The first-order valence-electron chi connectivity index (χ1n) is 6.77. The summed E-state index contributed by atoms with van der Waals surface area (Å²) in [7, 11) is 0. The number of nitrogens with two attached hydrogens (primary N) is 1. The Morgan fingerprint density at radius 2 is 1.96 bits per heavy atom. The van der Waals surface area contributed by atoms with Gasteiger partial charge in [-0.05, 0) is 12.1 Å². The van der Waals surface area contributed by atoms with E-state index < -0.39 is 18.9 Å². The van der Waals surface area contributed by atoms with Gasteiger partial charge < -0.3 is 21.1 Å². The highest BCUT2D eigenvalue weighted by Gasteiger charge is 2.12. The average Bonchev–Trinajstić information content (AvgIpc) is 2.49. The van der Waals surface area contributed by atoms with Gasteiger partial charge in [0.05, 0.1) is 24.3 Å². The van der Waals surface area contributed by atoms with Crippen molar-refractivity contribution in [3.63, 3.8) is 0 Å². The van der Waals surface area contributed by atoms with E-state index in [2.05, 4.69) is 15.4 Å². The first-order chi connectivity index (χ1) is 10.5. The van der Waals surface area contributed by atoms with Crippen LogP contribution in [-0.4, -0.2) is 44.5 Å². The van der Waals surface area contributed by atoms with Crippen LogP contribution in [0.25, 0.3) is 0 Å². The molecule has 0 spiro atoms. The third-order valence-electron chi connectivity index (χ3n) is 2.59. The number of anilines is 1. The third kappa shape index (κ3) is 8.44. The van der Waals surface area contributed by atoms with E-state index in [1.54, 1.807) is 24.3 Å². The fourth-order valence-electron chi connectivity index (χ4n) is 1.62. The molecule has 0 fully saturated rings. The fourth-order valence-corrected chi connectivity index (χ4v) is 1.62. The number of carbonyl (C=O) groups is 2. The molecule has 2 amide bonds. The number of benzene rings is 1. The molecule has 1 aromatic carbocycles. The largest absolute Gasteiger partial charge is 0.375 e. The average molecular weight is 352 g/mol. The molecule has 0 atom stereocenters. The van der Waals surface area contributed by atoms with Gasteiger partial charge in [-0.15, -0.1) is 12.4 Å². The lowest BCUT2D eigenvalue weighted by atomic mass is 10.1. The van der Waals surface area contributed by atoms with Crippen LogP contribution in [-0.2, 0) is 9.53 Å². The van der Waals surface area contributed by atoms with E-state index in [0.29, 0.717) is 24.3 Å². The number of halogens is 3. The molecule has 9 heteroatoms. The first kappa shape index (κ1) is 21.2. The summed E-state index contributed by atoms with van der Waals surface area (Å²) in [5, 5.41) is 5.16. The zero-order valence-corrected chi connectivity index (χ0v) is 13.2. The van der Waals surface area contributed by atoms with E-state index in [1.165, 1.54) is 0 Å². The summed E-state index contributed by atoms with van der Waals surface area (Å²) in [5.41, 5.74) is 5.96. The van der Waals surface area contributed by atoms with Crippen LogP contribution in [0.3, 0.4) is 0 Å². The minimum atomic E-state index is -2.56. The molecule has 0 aliphatic carbocycles. The van der Waals surface area contributed by atoms with Crippen LogP contribution in [0, 0.1) is 0 Å². The van der Waals surface area contributed by atoms with Gasteiger partial charge >= 0.3 is 0 Å². The summed E-state index contributed by atoms with van der Waals surface area (Å²) >= 11 is 0. The summed E-state index contributed by atoms with van der Waals surface area (Å²) in [4.78, 5) is 23.6. The molecule has 23 heavy (non-hydrogen) atoms. The Morgan fingerprint density at radius 3 is 2.61 bits per heavy atom. The molecule has 0 saturated carbocycles. The van der Waals surface area contributed by atoms with Crippen molar-refractivity contribution < 1.29 is 23.1 Å². The maximum atomic E-state index is 11.9. The highest BCUT2D eigenvalue weighted by Crippen LogP contribution is 2.15. The molecule has 0 aliphatic heterocycles. The number of carbonyl (C=O) groups excluding carboxylic acids is 2. The van der Waals surface area contributed by atoms with E-state index in [4.69, 9.17) is 5.73 Å². The molecular weight excluding hydrogens is 332 g/mol. The van der Waals surface area contributed by atoms with Crippen molar-refractivity contribution in [1.29, 1.82) is 0 Å². The number of hydrogen-bond acceptors (Lipinski definition) is 4. The monoisotopic (exact) mass is 351 g/mol. The minimum absolute atomic E-state index is 0. The lowest BCUT2D eigenvalue weighted by molar-refractivity contribution is -0.117. The van der Waals surface area contributed by atoms with Gasteiger partial charge in [-0.1, -0.05) is 12.1 Å². The van der Waals surface area contributed by atoms with Gasteiger partial charge in [0, 0.05) is 13.1 Å². The van der Waals surface area contributed by atoms with Crippen LogP contribution in [0.1, 0.15) is 16.8 Å². The van der Waals surface area contributed by atoms with Crippen molar-refractivity contribution >= 4 is 29.9 Å². The van der Waals surface area contributed by atoms with Gasteiger partial charge in [-0.2, -0.15) is 0 Å². The van der Waals surface area contributed by atoms with Gasteiger partial charge in [-0.3, -0.25) is 9.59 Å². The summed E-state index contributed by atoms with van der Waals surface area (Å²) in [6, 6.07) is 6.48. The molecule has 0 saturated heterocycles. The molecule has 130 valence electrons. The van der Waals surface area contributed by atoms with E-state index in [-0.39, 0.29) is 31.3 Å². The standard InChI is InChI=1S/C14H19F2N3O3.ClH/c15-12(16)9-22-8-5-13(20)19-11-4-2-1-3-10(11)14(21)18-7-6-17;/h1-4,12H,5-9,17H2,(H,18,21)(H,19,20);1H. The van der Waals surface area contributed by atoms with Crippen molar-refractivity contribution in [3.8, 4) is 0 Å². The highest BCUT2D eigenvalue weighted by molar-refractivity contribution is 6.03. The number of alkyl halides is 2. The molecule has 0 radical (unpaired) electrons. The van der Waals surface area contributed by atoms with Crippen molar-refractivity contribution in [2.24, 2.45) is 5.73 Å². The Hall–Kier alpha value is -1.77. The van der Waals surface area contributed by atoms with Gasteiger partial charge in [0.15, 0.2) is 0 Å². The molecular formula is C14H20ClF2N3O3. The van der Waals surface area contributed by atoms with Crippen LogP contribution >= 0.6 is 12.4 Å². The lowest BCUT2D eigenvalue weighted by Gasteiger charge is -2.11.